The number of carbonyl (C=O) groups excluding carboxylic acids is 9. The van der Waals surface area contributed by atoms with E-state index in [1.165, 1.54) is 0 Å². The van der Waals surface area contributed by atoms with Crippen molar-refractivity contribution in [2.24, 2.45) is 40.9 Å². The van der Waals surface area contributed by atoms with E-state index in [1.54, 1.807) is 0 Å². The van der Waals surface area contributed by atoms with Crippen LogP contribution in [0.15, 0.2) is 0 Å². The van der Waals surface area contributed by atoms with Crippen LogP contribution in [0.1, 0.15) is 105 Å². The van der Waals surface area contributed by atoms with E-state index >= 15 is 0 Å². The van der Waals surface area contributed by atoms with Gasteiger partial charge in [0.2, 0.25) is 17.7 Å². The van der Waals surface area contributed by atoms with E-state index in [9.17, 15) is 48.3 Å². The van der Waals surface area contributed by atoms with E-state index in [2.05, 4.69) is 52.4 Å². The van der Waals surface area contributed by atoms with Gasteiger partial charge >= 0.3 is 0 Å². The molecule has 0 aromatic rings. The van der Waals surface area contributed by atoms with Crippen LogP contribution in [0.2, 0.25) is 0 Å². The summed E-state index contributed by atoms with van der Waals surface area (Å²) >= 11 is 2.16. The number of carbonyl (C=O) groups is 9. The van der Waals surface area contributed by atoms with E-state index in [0.29, 0.717) is 37.4 Å². The molecule has 0 radical (unpaired) electrons. The van der Waals surface area contributed by atoms with Crippen molar-refractivity contribution in [3.63, 3.8) is 0 Å². The Kier molecular flexibility index (Phi) is 22.9. The Balaban J connectivity index is 0.000000405. The Morgan fingerprint density at radius 2 is 0.944 bits per heavy atom. The third-order valence-corrected chi connectivity index (χ3v) is 12.4. The summed E-state index contributed by atoms with van der Waals surface area (Å²) in [7, 11) is 0. The highest BCUT2D eigenvalue weighted by atomic mass is 127. The van der Waals surface area contributed by atoms with Crippen molar-refractivity contribution in [3.05, 3.63) is 0 Å². The molecule has 0 heterocycles. The molecule has 17 heteroatoms. The third kappa shape index (κ3) is 17.2. The predicted molar refractivity (Wildman–Crippen MR) is 209 cm³/mol. The van der Waals surface area contributed by atoms with Gasteiger partial charge in [0.05, 0.1) is 40.2 Å². The molecule has 0 spiro atoms. The Morgan fingerprint density at radius 1 is 0.611 bits per heavy atom. The second-order valence-electron chi connectivity index (χ2n) is 14.9. The van der Waals surface area contributed by atoms with Crippen LogP contribution in [-0.2, 0) is 43.2 Å². The largest absolute Gasteiger partial charge is 0.385 e. The van der Waals surface area contributed by atoms with E-state index in [1.807, 2.05) is 13.8 Å². The molecule has 0 aliphatic heterocycles. The van der Waals surface area contributed by atoms with Gasteiger partial charge in [-0.1, -0.05) is 50.3 Å². The van der Waals surface area contributed by atoms with Crippen molar-refractivity contribution >= 4 is 76.5 Å². The average molecular weight is 877 g/mol. The molecule has 0 aromatic heterocycles. The lowest BCUT2D eigenvalue weighted by molar-refractivity contribution is -0.135. The molecule has 54 heavy (non-hydrogen) atoms. The molecule has 3 rings (SSSR count). The Morgan fingerprint density at radius 3 is 1.31 bits per heavy atom. The van der Waals surface area contributed by atoms with Crippen molar-refractivity contribution in [1.82, 2.24) is 16.0 Å². The number of aliphatic hydroxyl groups excluding tert-OH is 1. The number of amides is 3. The molecule has 3 saturated carbocycles. The maximum Gasteiger partial charge on any atom is 0.217 e. The summed E-state index contributed by atoms with van der Waals surface area (Å²) in [6.45, 7) is 7.89. The van der Waals surface area contributed by atoms with E-state index in [0.717, 1.165) is 44.7 Å². The molecular formula is C37H61IN6O10. The average Bonchev–Trinajstić information content (AvgIpc) is 3.13. The SMILES string of the molecule is CC1CCC(N[C@@H](C=O)CCC(N)=O)C(=O)C1C.CC1CCC(N[C@@H](C=O)CCC(N)=O)C(=O)C1I.CC1CCC(N[C@@H](C=O)CCC(N)=O)C(=O)C1O. The molecule has 3 amide bonds. The van der Waals surface area contributed by atoms with Crippen molar-refractivity contribution in [1.29, 1.82) is 0 Å². The normalized spacial score (nSPS) is 29.9. The third-order valence-electron chi connectivity index (χ3n) is 10.5. The first-order valence-electron chi connectivity index (χ1n) is 18.8. The van der Waals surface area contributed by atoms with Gasteiger partial charge in [0.15, 0.2) is 17.3 Å². The molecule has 0 aromatic carbocycles. The van der Waals surface area contributed by atoms with E-state index < -0.39 is 48.0 Å². The summed E-state index contributed by atoms with van der Waals surface area (Å²) in [5.41, 5.74) is 15.1. The Hall–Kier alpha value is -3.00. The number of hydrogen-bond acceptors (Lipinski definition) is 13. The lowest BCUT2D eigenvalue weighted by Gasteiger charge is -2.32. The fourth-order valence-corrected chi connectivity index (χ4v) is 7.36. The van der Waals surface area contributed by atoms with E-state index in [-0.39, 0.29) is 70.9 Å². The maximum absolute atomic E-state index is 12.1. The second-order valence-corrected chi connectivity index (χ2v) is 16.2. The van der Waals surface area contributed by atoms with Gasteiger partial charge in [-0.3, -0.25) is 44.7 Å². The van der Waals surface area contributed by atoms with Crippen LogP contribution in [-0.4, -0.2) is 105 Å². The van der Waals surface area contributed by atoms with Gasteiger partial charge in [0, 0.05) is 25.2 Å². The maximum atomic E-state index is 12.1. The molecule has 3 fully saturated rings. The van der Waals surface area contributed by atoms with Gasteiger partial charge in [-0.2, -0.15) is 0 Å². The summed E-state index contributed by atoms with van der Waals surface area (Å²) < 4.78 is -0.00251. The first-order valence-corrected chi connectivity index (χ1v) is 20.0. The molecule has 0 saturated heterocycles. The summed E-state index contributed by atoms with van der Waals surface area (Å²) in [4.78, 5) is 101. The van der Waals surface area contributed by atoms with Crippen molar-refractivity contribution < 1.29 is 48.3 Å². The number of ketones is 3. The lowest BCUT2D eigenvalue weighted by Crippen LogP contribution is -2.52. The number of primary amides is 3. The minimum absolute atomic E-state index is 0.00251. The predicted octanol–water partition coefficient (Wildman–Crippen LogP) is 0.130. The number of alkyl halides is 1. The van der Waals surface area contributed by atoms with E-state index in [4.69, 9.17) is 17.2 Å². The zero-order valence-electron chi connectivity index (χ0n) is 31.9. The first kappa shape index (κ1) is 49.0. The van der Waals surface area contributed by atoms with Crippen LogP contribution < -0.4 is 33.2 Å². The Labute approximate surface area is 331 Å². The zero-order valence-corrected chi connectivity index (χ0v) is 34.0. The van der Waals surface area contributed by atoms with Crippen LogP contribution in [0, 0.1) is 23.7 Å². The highest BCUT2D eigenvalue weighted by Gasteiger charge is 2.37. The number of nitrogens with one attached hydrogen (secondary N) is 3. The first-order chi connectivity index (χ1) is 25.4. The lowest BCUT2D eigenvalue weighted by atomic mass is 9.78. The standard InChI is InChI=1S/C13H22N2O3.C12H19IN2O3.C12H20N2O4/c1-8-3-5-11(13(18)9(8)2)15-10(7-16)4-6-12(14)17;1-7-2-4-9(12(18)11(7)13)15-8(6-16)3-5-10(14)17;1-7-2-4-9(12(18)11(7)17)14-8(6-15)3-5-10(13)16/h7-11,15H,3-6H2,1-2H3,(H2,14,17);6-9,11,15H,2-5H2,1H3,(H2,14,17);6-9,11,14,17H,2-5H2,1H3,(H2,13,16)/t8?,9?,10-,11?;2*7?,8-,9?,11?/m111/s1. The molecule has 12 atom stereocenters. The van der Waals surface area contributed by atoms with Crippen LogP contribution in [0.4, 0.5) is 0 Å². The van der Waals surface area contributed by atoms with Gasteiger partial charge in [-0.25, -0.2) is 0 Å². The highest BCUT2D eigenvalue weighted by Crippen LogP contribution is 2.29. The fourth-order valence-electron chi connectivity index (χ4n) is 6.56. The van der Waals surface area contributed by atoms with Crippen LogP contribution in [0.3, 0.4) is 0 Å². The minimum atomic E-state index is -0.973. The number of aliphatic hydroxyl groups is 1. The second kappa shape index (κ2) is 25.2. The number of halogens is 1. The highest BCUT2D eigenvalue weighted by molar-refractivity contribution is 14.1. The summed E-state index contributed by atoms with van der Waals surface area (Å²) in [5, 5.41) is 18.6. The van der Waals surface area contributed by atoms with Crippen LogP contribution in [0.5, 0.6) is 0 Å². The monoisotopic (exact) mass is 876 g/mol. The Bertz CT molecular complexity index is 1150. The minimum Gasteiger partial charge on any atom is -0.385 e. The topological polar surface area (TPSA) is 288 Å². The van der Waals surface area contributed by atoms with Crippen molar-refractivity contribution in [2.75, 3.05) is 0 Å². The molecule has 0 bridgehead atoms. The number of aldehydes is 3. The molecule has 16 nitrogen and oxygen atoms in total. The van der Waals surface area contributed by atoms with Crippen molar-refractivity contribution in [2.45, 2.75) is 151 Å². The molecular weight excluding hydrogens is 815 g/mol. The molecule has 3 aliphatic carbocycles. The number of nitrogens with two attached hydrogens (primary N) is 3. The summed E-state index contributed by atoms with van der Waals surface area (Å²) in [5.74, 6) is -0.533. The molecule has 9 unspecified atom stereocenters. The number of hydrogen-bond donors (Lipinski definition) is 7. The van der Waals surface area contributed by atoms with Gasteiger partial charge in [-0.15, -0.1) is 0 Å². The molecule has 10 N–H and O–H groups in total. The van der Waals surface area contributed by atoms with Gasteiger partial charge < -0.3 is 36.7 Å². The van der Waals surface area contributed by atoms with Gasteiger partial charge in [0.1, 0.15) is 25.0 Å². The molecule has 3 aliphatic rings. The number of rotatable bonds is 18. The van der Waals surface area contributed by atoms with Crippen LogP contribution >= 0.6 is 22.6 Å². The smallest absolute Gasteiger partial charge is 0.217 e. The molecule has 306 valence electrons. The quantitative estimate of drug-likeness (QED) is 0.0549. The summed E-state index contributed by atoms with van der Waals surface area (Å²) in [6, 6.07) is -2.56. The van der Waals surface area contributed by atoms with Crippen LogP contribution in [0.25, 0.3) is 0 Å². The number of Topliss-reactive ketones (excluding diaryl/α,β-unsaturated/α-hetero) is 3. The van der Waals surface area contributed by atoms with Crippen molar-refractivity contribution in [3.8, 4) is 0 Å². The van der Waals surface area contributed by atoms with Gasteiger partial charge in [-0.05, 0) is 75.5 Å². The zero-order chi connectivity index (χ0) is 41.1. The van der Waals surface area contributed by atoms with Gasteiger partial charge in [0.25, 0.3) is 0 Å². The summed E-state index contributed by atoms with van der Waals surface area (Å²) in [6.07, 6.45) is 7.35. The fraction of sp³-hybridized carbons (Fsp3) is 0.757.